The predicted molar refractivity (Wildman–Crippen MR) is 179 cm³/mol. The molecule has 5 nitrogen and oxygen atoms in total. The highest BCUT2D eigenvalue weighted by Gasteiger charge is 2.42. The van der Waals surface area contributed by atoms with Crippen LogP contribution in [0.2, 0.25) is 0 Å². The summed E-state index contributed by atoms with van der Waals surface area (Å²) < 4.78 is 36.4. The molecule has 230 valence electrons. The number of halogens is 1. The second kappa shape index (κ2) is 12.8. The SMILES string of the molecule is CCCC1(C(=O)OC)CCC(c2cccc(-c3c(-c4ccsc4C#N)c4cc(F)ccc4n3[S+]([O-])c3ccc(C)cc3)c2)CC1. The molecule has 2 heterocycles. The van der Waals surface area contributed by atoms with E-state index >= 15 is 0 Å². The van der Waals surface area contributed by atoms with Crippen molar-refractivity contribution in [2.24, 2.45) is 5.41 Å². The summed E-state index contributed by atoms with van der Waals surface area (Å²) in [5, 5.41) is 12.5. The Balaban J connectivity index is 1.53. The molecular weight excluding hydrogens is 604 g/mol. The summed E-state index contributed by atoms with van der Waals surface area (Å²) in [5.41, 5.74) is 5.30. The molecule has 1 atom stereocenters. The van der Waals surface area contributed by atoms with Crippen molar-refractivity contribution < 1.29 is 18.5 Å². The molecule has 0 aliphatic heterocycles. The van der Waals surface area contributed by atoms with Gasteiger partial charge in [0.15, 0.2) is 4.90 Å². The predicted octanol–water partition coefficient (Wildman–Crippen LogP) is 9.54. The van der Waals surface area contributed by atoms with E-state index in [0.29, 0.717) is 37.5 Å². The molecule has 0 saturated heterocycles. The summed E-state index contributed by atoms with van der Waals surface area (Å²) >= 11 is -0.332. The Kier molecular flexibility index (Phi) is 8.87. The van der Waals surface area contributed by atoms with Gasteiger partial charge in [0, 0.05) is 22.1 Å². The van der Waals surface area contributed by atoms with Crippen LogP contribution < -0.4 is 0 Å². The lowest BCUT2D eigenvalue weighted by molar-refractivity contribution is -0.155. The number of carbonyl (C=O) groups excluding carboxylic acids is 1. The number of esters is 1. The fraction of sp³-hybridized carbons (Fsp3) is 0.297. The van der Waals surface area contributed by atoms with Crippen molar-refractivity contribution in [1.82, 2.24) is 3.97 Å². The highest BCUT2D eigenvalue weighted by Crippen LogP contribution is 2.49. The van der Waals surface area contributed by atoms with Gasteiger partial charge >= 0.3 is 5.97 Å². The average Bonchev–Trinajstić information content (AvgIpc) is 3.66. The third kappa shape index (κ3) is 5.69. The lowest BCUT2D eigenvalue weighted by Crippen LogP contribution is -2.36. The van der Waals surface area contributed by atoms with Gasteiger partial charge in [-0.25, -0.2) is 4.39 Å². The molecule has 2 aromatic heterocycles. The first kappa shape index (κ1) is 31.1. The van der Waals surface area contributed by atoms with Crippen LogP contribution in [0.15, 0.2) is 83.1 Å². The van der Waals surface area contributed by atoms with Gasteiger partial charge in [-0.2, -0.15) is 9.23 Å². The third-order valence-corrected chi connectivity index (χ3v) is 11.4. The maximum absolute atomic E-state index is 14.9. The van der Waals surface area contributed by atoms with Crippen LogP contribution in [-0.4, -0.2) is 21.6 Å². The monoisotopic (exact) mass is 638 g/mol. The molecule has 1 saturated carbocycles. The number of nitrogens with zero attached hydrogens (tertiary/aromatic N) is 2. The summed E-state index contributed by atoms with van der Waals surface area (Å²) in [6.45, 7) is 4.09. The Morgan fingerprint density at radius 1 is 1.13 bits per heavy atom. The number of aryl methyl sites for hydroxylation is 1. The second-order valence-corrected chi connectivity index (χ2v) is 14.2. The van der Waals surface area contributed by atoms with Crippen LogP contribution in [-0.2, 0) is 20.9 Å². The highest BCUT2D eigenvalue weighted by atomic mass is 32.2. The zero-order valence-electron chi connectivity index (χ0n) is 25.6. The number of fused-ring (bicyclic) bond motifs is 1. The summed E-state index contributed by atoms with van der Waals surface area (Å²) in [4.78, 5) is 13.9. The van der Waals surface area contributed by atoms with Crippen LogP contribution in [0.1, 0.15) is 67.4 Å². The molecule has 0 radical (unpaired) electrons. The van der Waals surface area contributed by atoms with Gasteiger partial charge in [-0.15, -0.1) is 11.3 Å². The van der Waals surface area contributed by atoms with Gasteiger partial charge in [-0.05, 0) is 98.4 Å². The van der Waals surface area contributed by atoms with Gasteiger partial charge in [-0.3, -0.25) is 4.79 Å². The number of ether oxygens (including phenoxy) is 1. The zero-order chi connectivity index (χ0) is 31.7. The van der Waals surface area contributed by atoms with Crippen molar-refractivity contribution in [2.45, 2.75) is 63.2 Å². The van der Waals surface area contributed by atoms with Crippen molar-refractivity contribution in [3.8, 4) is 28.5 Å². The quantitative estimate of drug-likeness (QED) is 0.125. The Labute approximate surface area is 270 Å². The molecule has 5 aromatic rings. The van der Waals surface area contributed by atoms with E-state index < -0.39 is 22.6 Å². The molecule has 6 rings (SSSR count). The van der Waals surface area contributed by atoms with Crippen LogP contribution >= 0.6 is 11.3 Å². The molecule has 0 bridgehead atoms. The summed E-state index contributed by atoms with van der Waals surface area (Å²) in [5.74, 6) is -0.267. The highest BCUT2D eigenvalue weighted by molar-refractivity contribution is 7.90. The minimum absolute atomic E-state index is 0.111. The molecule has 3 aromatic carbocycles. The molecule has 45 heavy (non-hydrogen) atoms. The van der Waals surface area contributed by atoms with Crippen molar-refractivity contribution in [3.05, 3.63) is 100.0 Å². The molecule has 1 fully saturated rings. The normalized spacial score (nSPS) is 18.9. The number of benzene rings is 3. The Bertz CT molecular complexity index is 1900. The van der Waals surface area contributed by atoms with E-state index in [9.17, 15) is 19.0 Å². The Morgan fingerprint density at radius 2 is 1.89 bits per heavy atom. The first-order chi connectivity index (χ1) is 21.8. The molecule has 1 aliphatic carbocycles. The van der Waals surface area contributed by atoms with Crippen molar-refractivity contribution >= 4 is 39.6 Å². The first-order valence-electron chi connectivity index (χ1n) is 15.3. The third-order valence-electron chi connectivity index (χ3n) is 9.23. The van der Waals surface area contributed by atoms with Gasteiger partial charge in [0.1, 0.15) is 33.8 Å². The number of aromatic nitrogens is 1. The van der Waals surface area contributed by atoms with Gasteiger partial charge < -0.3 is 9.29 Å². The maximum atomic E-state index is 14.9. The Hall–Kier alpha value is -3.90. The molecular formula is C37H35FN2O3S2. The van der Waals surface area contributed by atoms with Gasteiger partial charge in [-0.1, -0.05) is 49.2 Å². The number of carbonyl (C=O) groups is 1. The fourth-order valence-electron chi connectivity index (χ4n) is 6.99. The molecule has 0 spiro atoms. The van der Waals surface area contributed by atoms with Crippen LogP contribution in [0.5, 0.6) is 0 Å². The molecule has 8 heteroatoms. The van der Waals surface area contributed by atoms with E-state index in [2.05, 4.69) is 25.1 Å². The van der Waals surface area contributed by atoms with E-state index in [1.807, 2.05) is 54.8 Å². The summed E-state index contributed by atoms with van der Waals surface area (Å²) in [6, 6.07) is 24.6. The average molecular weight is 639 g/mol. The fourth-order valence-corrected chi connectivity index (χ4v) is 8.96. The van der Waals surface area contributed by atoms with Crippen LogP contribution in [0.4, 0.5) is 4.39 Å². The minimum Gasteiger partial charge on any atom is -0.587 e. The smallest absolute Gasteiger partial charge is 0.311 e. The standard InChI is InChI=1S/C37H35FN2O3S2/c1-4-17-37(36(41)43-3)18-14-25(15-19-37)26-6-5-7-27(21-26)35-34(30-16-20-44-33(30)23-39)31-22-28(38)10-13-32(31)40(35)45(42)29-11-8-24(2)9-12-29/h5-13,16,20-22,25H,4,14-15,17-19H2,1-3H3. The number of thiophene rings is 1. The maximum Gasteiger partial charge on any atom is 0.311 e. The first-order valence-corrected chi connectivity index (χ1v) is 17.3. The zero-order valence-corrected chi connectivity index (χ0v) is 27.3. The van der Waals surface area contributed by atoms with E-state index in [0.717, 1.165) is 55.2 Å². The lowest BCUT2D eigenvalue weighted by atomic mass is 9.67. The van der Waals surface area contributed by atoms with E-state index in [-0.39, 0.29) is 11.9 Å². The van der Waals surface area contributed by atoms with Crippen LogP contribution in [0.3, 0.4) is 0 Å². The van der Waals surface area contributed by atoms with Crippen LogP contribution in [0, 0.1) is 29.5 Å². The topological polar surface area (TPSA) is 78.1 Å². The number of methoxy groups -OCH3 is 1. The minimum atomic E-state index is -1.66. The van der Waals surface area contributed by atoms with Crippen molar-refractivity contribution in [3.63, 3.8) is 0 Å². The Morgan fingerprint density at radius 3 is 2.58 bits per heavy atom. The number of hydrogen-bond donors (Lipinski definition) is 0. The number of hydrogen-bond acceptors (Lipinski definition) is 5. The van der Waals surface area contributed by atoms with Gasteiger partial charge in [0.25, 0.3) is 0 Å². The largest absolute Gasteiger partial charge is 0.587 e. The van der Waals surface area contributed by atoms with E-state index in [4.69, 9.17) is 4.74 Å². The summed E-state index contributed by atoms with van der Waals surface area (Å²) in [6.07, 6.45) is 5.00. The van der Waals surface area contributed by atoms with E-state index in [1.165, 1.54) is 30.6 Å². The second-order valence-electron chi connectivity index (χ2n) is 11.9. The number of rotatable bonds is 8. The molecule has 0 N–H and O–H groups in total. The van der Waals surface area contributed by atoms with E-state index in [1.54, 1.807) is 10.0 Å². The van der Waals surface area contributed by atoms with Gasteiger partial charge in [0.2, 0.25) is 0 Å². The molecule has 1 unspecified atom stereocenters. The van der Waals surface area contributed by atoms with Gasteiger partial charge in [0.05, 0.1) is 18.0 Å². The number of nitriles is 1. The molecule has 0 amide bonds. The lowest BCUT2D eigenvalue weighted by Gasteiger charge is -2.38. The summed E-state index contributed by atoms with van der Waals surface area (Å²) in [7, 11) is 1.48. The van der Waals surface area contributed by atoms with Crippen molar-refractivity contribution in [1.29, 1.82) is 5.26 Å². The van der Waals surface area contributed by atoms with Crippen molar-refractivity contribution in [2.75, 3.05) is 7.11 Å². The molecule has 1 aliphatic rings. The van der Waals surface area contributed by atoms with Crippen LogP contribution in [0.25, 0.3) is 33.3 Å².